The number of aliphatic hydroxyl groups is 1. The second-order valence-corrected chi connectivity index (χ2v) is 7.98. The van der Waals surface area contributed by atoms with E-state index in [9.17, 15) is 18.3 Å². The molecule has 5 nitrogen and oxygen atoms in total. The highest BCUT2D eigenvalue weighted by atomic mass is 32.2. The summed E-state index contributed by atoms with van der Waals surface area (Å²) in [5.41, 5.74) is 1.71. The molecule has 0 amide bonds. The standard InChI is InChI=1S/C18H25NO4S/c1-14-9-11-16(12-10-14)24(22,23)19-13-5-8-17(20)18(21)15-6-3-2-4-7-15/h6,9-12,17,19-20H,2-5,7-8,13H2,1H3. The maximum absolute atomic E-state index is 12.1. The van der Waals surface area contributed by atoms with E-state index in [4.69, 9.17) is 0 Å². The molecule has 0 aliphatic heterocycles. The number of Topliss-reactive ketones (excluding diaryl/α,β-unsaturated/α-hetero) is 1. The van der Waals surface area contributed by atoms with Crippen LogP contribution in [0.2, 0.25) is 0 Å². The molecule has 0 saturated carbocycles. The summed E-state index contributed by atoms with van der Waals surface area (Å²) in [6.07, 6.45) is 5.24. The maximum Gasteiger partial charge on any atom is 0.240 e. The third-order valence-corrected chi connectivity index (χ3v) is 5.66. The highest BCUT2D eigenvalue weighted by Gasteiger charge is 2.20. The van der Waals surface area contributed by atoms with Crippen molar-refractivity contribution in [2.75, 3.05) is 6.54 Å². The molecule has 6 heteroatoms. The number of carbonyl (C=O) groups excluding carboxylic acids is 1. The smallest absolute Gasteiger partial charge is 0.240 e. The summed E-state index contributed by atoms with van der Waals surface area (Å²) in [5, 5.41) is 9.98. The van der Waals surface area contributed by atoms with Gasteiger partial charge in [-0.3, -0.25) is 4.79 Å². The van der Waals surface area contributed by atoms with Gasteiger partial charge in [0.2, 0.25) is 10.0 Å². The van der Waals surface area contributed by atoms with Crippen molar-refractivity contribution >= 4 is 15.8 Å². The van der Waals surface area contributed by atoms with Gasteiger partial charge in [-0.25, -0.2) is 13.1 Å². The van der Waals surface area contributed by atoms with Crippen molar-refractivity contribution in [2.45, 2.75) is 56.4 Å². The molecular formula is C18H25NO4S. The summed E-state index contributed by atoms with van der Waals surface area (Å²) in [6.45, 7) is 2.09. The lowest BCUT2D eigenvalue weighted by molar-refractivity contribution is -0.123. The van der Waals surface area contributed by atoms with Gasteiger partial charge in [-0.2, -0.15) is 0 Å². The number of ketones is 1. The van der Waals surface area contributed by atoms with Crippen molar-refractivity contribution < 1.29 is 18.3 Å². The minimum Gasteiger partial charge on any atom is -0.385 e. The molecule has 132 valence electrons. The van der Waals surface area contributed by atoms with Crippen LogP contribution in [0.1, 0.15) is 44.1 Å². The molecule has 0 aromatic heterocycles. The number of carbonyl (C=O) groups is 1. The fraction of sp³-hybridized carbons (Fsp3) is 0.500. The number of nitrogens with one attached hydrogen (secondary N) is 1. The molecule has 0 spiro atoms. The highest BCUT2D eigenvalue weighted by molar-refractivity contribution is 7.89. The van der Waals surface area contributed by atoms with Gasteiger partial charge < -0.3 is 5.11 Å². The van der Waals surface area contributed by atoms with Gasteiger partial charge in [0.15, 0.2) is 5.78 Å². The van der Waals surface area contributed by atoms with Gasteiger partial charge >= 0.3 is 0 Å². The molecule has 0 fully saturated rings. The molecule has 1 aromatic carbocycles. The molecule has 2 rings (SSSR count). The van der Waals surface area contributed by atoms with E-state index < -0.39 is 16.1 Å². The lowest BCUT2D eigenvalue weighted by atomic mass is 9.93. The monoisotopic (exact) mass is 351 g/mol. The fourth-order valence-electron chi connectivity index (χ4n) is 2.71. The molecule has 1 aliphatic carbocycles. The Balaban J connectivity index is 1.78. The minimum atomic E-state index is -3.54. The quantitative estimate of drug-likeness (QED) is 0.705. The van der Waals surface area contributed by atoms with Crippen molar-refractivity contribution in [3.05, 3.63) is 41.5 Å². The minimum absolute atomic E-state index is 0.194. The molecule has 24 heavy (non-hydrogen) atoms. The SMILES string of the molecule is Cc1ccc(S(=O)(=O)NCCCC(O)C(=O)C2=CCCCC2)cc1. The Labute approximate surface area is 143 Å². The van der Waals surface area contributed by atoms with Gasteiger partial charge in [0.25, 0.3) is 0 Å². The summed E-state index contributed by atoms with van der Waals surface area (Å²) in [4.78, 5) is 12.3. The number of allylic oxidation sites excluding steroid dienone is 1. The van der Waals surface area contributed by atoms with Crippen LogP contribution in [0.5, 0.6) is 0 Å². The average molecular weight is 351 g/mol. The summed E-state index contributed by atoms with van der Waals surface area (Å²) >= 11 is 0. The lowest BCUT2D eigenvalue weighted by Crippen LogP contribution is -2.28. The van der Waals surface area contributed by atoms with Gasteiger partial charge in [0.05, 0.1) is 4.90 Å². The zero-order valence-electron chi connectivity index (χ0n) is 14.0. The van der Waals surface area contributed by atoms with Crippen LogP contribution in [0.15, 0.2) is 40.8 Å². The molecule has 1 aromatic rings. The summed E-state index contributed by atoms with van der Waals surface area (Å²) < 4.78 is 26.7. The van der Waals surface area contributed by atoms with Crippen LogP contribution in [0, 0.1) is 6.92 Å². The van der Waals surface area contributed by atoms with Crippen LogP contribution >= 0.6 is 0 Å². The number of hydrogen-bond donors (Lipinski definition) is 2. The molecule has 0 heterocycles. The Hall–Kier alpha value is -1.50. The van der Waals surface area contributed by atoms with Crippen LogP contribution in [-0.4, -0.2) is 32.0 Å². The molecular weight excluding hydrogens is 326 g/mol. The first-order chi connectivity index (χ1) is 11.4. The van der Waals surface area contributed by atoms with E-state index in [0.717, 1.165) is 31.2 Å². The summed E-state index contributed by atoms with van der Waals surface area (Å²) in [5.74, 6) is -0.212. The number of benzene rings is 1. The second kappa shape index (κ2) is 8.55. The van der Waals surface area contributed by atoms with Crippen molar-refractivity contribution in [2.24, 2.45) is 0 Å². The first-order valence-corrected chi connectivity index (χ1v) is 9.86. The van der Waals surface area contributed by atoms with Crippen LogP contribution < -0.4 is 4.72 Å². The first-order valence-electron chi connectivity index (χ1n) is 8.38. The first kappa shape index (κ1) is 18.8. The molecule has 1 aliphatic rings. The van der Waals surface area contributed by atoms with E-state index >= 15 is 0 Å². The van der Waals surface area contributed by atoms with Gasteiger partial charge in [-0.15, -0.1) is 0 Å². The van der Waals surface area contributed by atoms with Gasteiger partial charge in [0.1, 0.15) is 6.10 Å². The van der Waals surface area contributed by atoms with E-state index in [2.05, 4.69) is 4.72 Å². The zero-order valence-corrected chi connectivity index (χ0v) is 14.8. The van der Waals surface area contributed by atoms with Gasteiger partial charge in [0, 0.05) is 6.54 Å². The largest absolute Gasteiger partial charge is 0.385 e. The van der Waals surface area contributed by atoms with E-state index in [1.807, 2.05) is 13.0 Å². The van der Waals surface area contributed by atoms with Crippen molar-refractivity contribution in [3.8, 4) is 0 Å². The Morgan fingerprint density at radius 1 is 1.25 bits per heavy atom. The molecule has 0 bridgehead atoms. The Bertz CT molecular complexity index is 692. The normalized spacial score (nSPS) is 16.5. The maximum atomic E-state index is 12.1. The molecule has 0 saturated heterocycles. The van der Waals surface area contributed by atoms with Gasteiger partial charge in [-0.1, -0.05) is 23.8 Å². The molecule has 1 unspecified atom stereocenters. The Morgan fingerprint density at radius 3 is 2.58 bits per heavy atom. The average Bonchev–Trinajstić information content (AvgIpc) is 2.59. The number of rotatable bonds is 8. The zero-order chi connectivity index (χ0) is 17.6. The third kappa shape index (κ3) is 5.26. The summed E-state index contributed by atoms with van der Waals surface area (Å²) in [7, 11) is -3.54. The molecule has 2 N–H and O–H groups in total. The van der Waals surface area contributed by atoms with Crippen molar-refractivity contribution in [1.82, 2.24) is 4.72 Å². The van der Waals surface area contributed by atoms with Gasteiger partial charge in [-0.05, 0) is 63.2 Å². The number of aliphatic hydroxyl groups excluding tert-OH is 1. The van der Waals surface area contributed by atoms with Crippen LogP contribution in [-0.2, 0) is 14.8 Å². The summed E-state index contributed by atoms with van der Waals surface area (Å²) in [6, 6.07) is 6.61. The van der Waals surface area contributed by atoms with E-state index in [1.54, 1.807) is 24.3 Å². The predicted octanol–water partition coefficient (Wildman–Crippen LogP) is 2.48. The Kier molecular flexibility index (Phi) is 6.71. The predicted molar refractivity (Wildman–Crippen MR) is 93.2 cm³/mol. The third-order valence-electron chi connectivity index (χ3n) is 4.19. The molecule has 1 atom stereocenters. The second-order valence-electron chi connectivity index (χ2n) is 6.21. The van der Waals surface area contributed by atoms with Crippen LogP contribution in [0.3, 0.4) is 0 Å². The molecule has 0 radical (unpaired) electrons. The highest BCUT2D eigenvalue weighted by Crippen LogP contribution is 2.20. The number of sulfonamides is 1. The number of aryl methyl sites for hydroxylation is 1. The van der Waals surface area contributed by atoms with E-state index in [-0.39, 0.29) is 23.6 Å². The topological polar surface area (TPSA) is 83.5 Å². The van der Waals surface area contributed by atoms with E-state index in [1.165, 1.54) is 0 Å². The Morgan fingerprint density at radius 2 is 1.96 bits per heavy atom. The number of hydrogen-bond acceptors (Lipinski definition) is 4. The van der Waals surface area contributed by atoms with E-state index in [0.29, 0.717) is 12.0 Å². The van der Waals surface area contributed by atoms with Crippen molar-refractivity contribution in [1.29, 1.82) is 0 Å². The van der Waals surface area contributed by atoms with Crippen LogP contribution in [0.4, 0.5) is 0 Å². The lowest BCUT2D eigenvalue weighted by Gasteiger charge is -2.15. The fourth-order valence-corrected chi connectivity index (χ4v) is 3.78. The van der Waals surface area contributed by atoms with Crippen molar-refractivity contribution in [3.63, 3.8) is 0 Å². The van der Waals surface area contributed by atoms with Crippen LogP contribution in [0.25, 0.3) is 0 Å².